The summed E-state index contributed by atoms with van der Waals surface area (Å²) in [6.07, 6.45) is 0.973. The maximum atomic E-state index is 5.50. The van der Waals surface area contributed by atoms with Crippen LogP contribution in [0.3, 0.4) is 0 Å². The molecule has 0 saturated carbocycles. The number of benzene rings is 2. The standard InChI is InChI=1S/C18H23NO/c1-4-19-17(13-15-10-6-5-9-14(15)2)16-11-7-8-12-18(16)20-3/h5-12,17,19H,4,13H2,1-3H3. The summed E-state index contributed by atoms with van der Waals surface area (Å²) in [5, 5.41) is 3.57. The van der Waals surface area contributed by atoms with Crippen LogP contribution in [0.25, 0.3) is 0 Å². The average molecular weight is 269 g/mol. The summed E-state index contributed by atoms with van der Waals surface area (Å²) < 4.78 is 5.50. The lowest BCUT2D eigenvalue weighted by molar-refractivity contribution is 0.399. The lowest BCUT2D eigenvalue weighted by atomic mass is 9.95. The molecule has 0 bridgehead atoms. The topological polar surface area (TPSA) is 21.3 Å². The number of methoxy groups -OCH3 is 1. The highest BCUT2D eigenvalue weighted by Crippen LogP contribution is 2.28. The normalized spacial score (nSPS) is 12.2. The van der Waals surface area contributed by atoms with Gasteiger partial charge in [0.1, 0.15) is 5.75 Å². The third-order valence-electron chi connectivity index (χ3n) is 3.65. The van der Waals surface area contributed by atoms with Crippen molar-refractivity contribution in [1.29, 1.82) is 0 Å². The van der Waals surface area contributed by atoms with Gasteiger partial charge in [-0.3, -0.25) is 0 Å². The van der Waals surface area contributed by atoms with E-state index in [0.717, 1.165) is 18.7 Å². The number of hydrogen-bond acceptors (Lipinski definition) is 2. The molecule has 0 radical (unpaired) electrons. The van der Waals surface area contributed by atoms with Crippen LogP contribution in [0.4, 0.5) is 0 Å². The van der Waals surface area contributed by atoms with Crippen LogP contribution in [0, 0.1) is 6.92 Å². The van der Waals surface area contributed by atoms with Crippen molar-refractivity contribution in [2.24, 2.45) is 0 Å². The Morgan fingerprint density at radius 1 is 1.05 bits per heavy atom. The van der Waals surface area contributed by atoms with Crippen LogP contribution in [0.2, 0.25) is 0 Å². The Bertz CT molecular complexity index is 551. The van der Waals surface area contributed by atoms with E-state index in [1.165, 1.54) is 16.7 Å². The quantitative estimate of drug-likeness (QED) is 0.859. The predicted molar refractivity (Wildman–Crippen MR) is 84.3 cm³/mol. The Morgan fingerprint density at radius 2 is 1.75 bits per heavy atom. The Labute approximate surface area is 121 Å². The van der Waals surface area contributed by atoms with E-state index in [1.54, 1.807) is 7.11 Å². The second-order valence-electron chi connectivity index (χ2n) is 4.98. The van der Waals surface area contributed by atoms with Crippen LogP contribution in [0.15, 0.2) is 48.5 Å². The summed E-state index contributed by atoms with van der Waals surface area (Å²) in [5.41, 5.74) is 3.94. The van der Waals surface area contributed by atoms with Gasteiger partial charge in [-0.25, -0.2) is 0 Å². The largest absolute Gasteiger partial charge is 0.496 e. The molecule has 2 nitrogen and oxygen atoms in total. The molecule has 2 aromatic rings. The molecule has 1 unspecified atom stereocenters. The van der Waals surface area contributed by atoms with Crippen LogP contribution in [0.5, 0.6) is 5.75 Å². The summed E-state index contributed by atoms with van der Waals surface area (Å²) in [5.74, 6) is 0.951. The first kappa shape index (κ1) is 14.6. The van der Waals surface area contributed by atoms with Crippen LogP contribution in [-0.2, 0) is 6.42 Å². The lowest BCUT2D eigenvalue weighted by Crippen LogP contribution is -2.23. The molecule has 0 aliphatic heterocycles. The van der Waals surface area contributed by atoms with E-state index in [2.05, 4.69) is 55.6 Å². The van der Waals surface area contributed by atoms with Crippen molar-refractivity contribution in [3.05, 3.63) is 65.2 Å². The van der Waals surface area contributed by atoms with Crippen LogP contribution < -0.4 is 10.1 Å². The first-order chi connectivity index (χ1) is 9.76. The molecule has 0 aromatic heterocycles. The second kappa shape index (κ2) is 7.11. The van der Waals surface area contributed by atoms with Crippen molar-refractivity contribution < 1.29 is 4.74 Å². The zero-order valence-corrected chi connectivity index (χ0v) is 12.5. The van der Waals surface area contributed by atoms with Gasteiger partial charge in [0, 0.05) is 11.6 Å². The first-order valence-corrected chi connectivity index (χ1v) is 7.17. The average Bonchev–Trinajstić information content (AvgIpc) is 2.49. The van der Waals surface area contributed by atoms with E-state index in [4.69, 9.17) is 4.74 Å². The van der Waals surface area contributed by atoms with E-state index in [-0.39, 0.29) is 6.04 Å². The molecule has 0 spiro atoms. The first-order valence-electron chi connectivity index (χ1n) is 7.17. The Kier molecular flexibility index (Phi) is 5.19. The minimum Gasteiger partial charge on any atom is -0.496 e. The Balaban J connectivity index is 2.29. The lowest BCUT2D eigenvalue weighted by Gasteiger charge is -2.21. The Hall–Kier alpha value is -1.80. The molecule has 1 atom stereocenters. The number of ether oxygens (including phenoxy) is 1. The fourth-order valence-electron chi connectivity index (χ4n) is 2.55. The molecule has 106 valence electrons. The van der Waals surface area contributed by atoms with Crippen molar-refractivity contribution in [2.75, 3.05) is 13.7 Å². The van der Waals surface area contributed by atoms with Gasteiger partial charge in [0.25, 0.3) is 0 Å². The minimum atomic E-state index is 0.275. The van der Waals surface area contributed by atoms with Crippen molar-refractivity contribution in [2.45, 2.75) is 26.3 Å². The highest BCUT2D eigenvalue weighted by molar-refractivity contribution is 5.38. The van der Waals surface area contributed by atoms with E-state index >= 15 is 0 Å². The number of rotatable bonds is 6. The molecule has 0 aliphatic rings. The molecule has 2 heteroatoms. The zero-order chi connectivity index (χ0) is 14.4. The summed E-state index contributed by atoms with van der Waals surface area (Å²) in [4.78, 5) is 0. The van der Waals surface area contributed by atoms with Crippen molar-refractivity contribution in [3.8, 4) is 5.75 Å². The van der Waals surface area contributed by atoms with Gasteiger partial charge in [-0.15, -0.1) is 0 Å². The van der Waals surface area contributed by atoms with Gasteiger partial charge in [-0.1, -0.05) is 49.4 Å². The summed E-state index contributed by atoms with van der Waals surface area (Å²) >= 11 is 0. The van der Waals surface area contributed by atoms with Crippen LogP contribution >= 0.6 is 0 Å². The third kappa shape index (κ3) is 3.40. The van der Waals surface area contributed by atoms with Crippen LogP contribution in [0.1, 0.15) is 29.7 Å². The van der Waals surface area contributed by atoms with E-state index in [1.807, 2.05) is 12.1 Å². The SMILES string of the molecule is CCNC(Cc1ccccc1C)c1ccccc1OC. The molecule has 1 N–H and O–H groups in total. The zero-order valence-electron chi connectivity index (χ0n) is 12.5. The maximum Gasteiger partial charge on any atom is 0.123 e. The van der Waals surface area contributed by atoms with Crippen molar-refractivity contribution in [3.63, 3.8) is 0 Å². The van der Waals surface area contributed by atoms with E-state index in [0.29, 0.717) is 0 Å². The number of hydrogen-bond donors (Lipinski definition) is 1. The highest BCUT2D eigenvalue weighted by Gasteiger charge is 2.16. The molecule has 0 heterocycles. The van der Waals surface area contributed by atoms with Crippen LogP contribution in [-0.4, -0.2) is 13.7 Å². The highest BCUT2D eigenvalue weighted by atomic mass is 16.5. The monoisotopic (exact) mass is 269 g/mol. The molecule has 0 amide bonds. The third-order valence-corrected chi connectivity index (χ3v) is 3.65. The van der Waals surface area contributed by atoms with Gasteiger partial charge in [0.2, 0.25) is 0 Å². The molecule has 0 fully saturated rings. The molecule has 0 aliphatic carbocycles. The van der Waals surface area contributed by atoms with Gasteiger partial charge >= 0.3 is 0 Å². The van der Waals surface area contributed by atoms with Gasteiger partial charge < -0.3 is 10.1 Å². The maximum absolute atomic E-state index is 5.50. The van der Waals surface area contributed by atoms with Gasteiger partial charge in [0.15, 0.2) is 0 Å². The molecule has 2 aromatic carbocycles. The second-order valence-corrected chi connectivity index (χ2v) is 4.98. The van der Waals surface area contributed by atoms with Crippen molar-refractivity contribution >= 4 is 0 Å². The van der Waals surface area contributed by atoms with E-state index in [9.17, 15) is 0 Å². The number of nitrogens with one attached hydrogen (secondary N) is 1. The predicted octanol–water partition coefficient (Wildman–Crippen LogP) is 3.90. The van der Waals surface area contributed by atoms with Gasteiger partial charge in [0.05, 0.1) is 7.11 Å². The molecular formula is C18H23NO. The summed E-state index contributed by atoms with van der Waals surface area (Å²) in [6, 6.07) is 17.1. The molecule has 20 heavy (non-hydrogen) atoms. The fourth-order valence-corrected chi connectivity index (χ4v) is 2.55. The number of aryl methyl sites for hydroxylation is 1. The smallest absolute Gasteiger partial charge is 0.123 e. The fraction of sp³-hybridized carbons (Fsp3) is 0.333. The number of para-hydroxylation sites is 1. The Morgan fingerprint density at radius 3 is 2.45 bits per heavy atom. The number of likely N-dealkylation sites (N-methyl/N-ethyl adjacent to an activating group) is 1. The van der Waals surface area contributed by atoms with E-state index < -0.39 is 0 Å². The molecule has 2 rings (SSSR count). The van der Waals surface area contributed by atoms with Gasteiger partial charge in [-0.05, 0) is 37.1 Å². The van der Waals surface area contributed by atoms with Crippen molar-refractivity contribution in [1.82, 2.24) is 5.32 Å². The minimum absolute atomic E-state index is 0.275. The summed E-state index contributed by atoms with van der Waals surface area (Å²) in [7, 11) is 1.73. The van der Waals surface area contributed by atoms with Gasteiger partial charge in [-0.2, -0.15) is 0 Å². The molecule has 0 saturated heterocycles. The molecular weight excluding hydrogens is 246 g/mol. The summed E-state index contributed by atoms with van der Waals surface area (Å²) in [6.45, 7) is 5.25.